The van der Waals surface area contributed by atoms with Gasteiger partial charge >= 0.3 is 5.97 Å². The highest BCUT2D eigenvalue weighted by molar-refractivity contribution is 5.97. The molecule has 0 saturated heterocycles. The summed E-state index contributed by atoms with van der Waals surface area (Å²) in [6, 6.07) is 5.85. The Morgan fingerprint density at radius 2 is 2.09 bits per heavy atom. The Bertz CT molecular complexity index is 901. The molecule has 6 heteroatoms. The number of ether oxygens (including phenoxy) is 1. The van der Waals surface area contributed by atoms with Crippen molar-refractivity contribution in [2.75, 3.05) is 6.61 Å². The molecule has 3 heterocycles. The molecule has 0 N–H and O–H groups in total. The van der Waals surface area contributed by atoms with Crippen LogP contribution in [0, 0.1) is 0 Å². The maximum Gasteiger partial charge on any atom is 0.359 e. The van der Waals surface area contributed by atoms with E-state index in [1.165, 1.54) is 0 Å². The standard InChI is InChI=1S/C17H16N4O2/c1-2-23-17(22)16-15(14-4-3-9-21(14)20-16)11-5-6-12-13(10-11)19-8-7-18-12/h5-8,10H,2-4,9H2,1H3. The van der Waals surface area contributed by atoms with E-state index < -0.39 is 0 Å². The number of rotatable bonds is 3. The molecule has 0 bridgehead atoms. The fourth-order valence-corrected chi connectivity index (χ4v) is 3.10. The van der Waals surface area contributed by atoms with Crippen LogP contribution >= 0.6 is 0 Å². The molecule has 0 aliphatic carbocycles. The molecule has 0 saturated carbocycles. The van der Waals surface area contributed by atoms with Crippen LogP contribution in [0.5, 0.6) is 0 Å². The van der Waals surface area contributed by atoms with Gasteiger partial charge < -0.3 is 4.74 Å². The minimum atomic E-state index is -0.372. The molecule has 0 atom stereocenters. The van der Waals surface area contributed by atoms with E-state index in [0.29, 0.717) is 12.3 Å². The van der Waals surface area contributed by atoms with Crippen molar-refractivity contribution in [1.82, 2.24) is 19.7 Å². The van der Waals surface area contributed by atoms with Crippen molar-refractivity contribution in [3.8, 4) is 11.1 Å². The monoisotopic (exact) mass is 308 g/mol. The maximum absolute atomic E-state index is 12.3. The number of aromatic nitrogens is 4. The highest BCUT2D eigenvalue weighted by Gasteiger charge is 2.27. The molecule has 23 heavy (non-hydrogen) atoms. The summed E-state index contributed by atoms with van der Waals surface area (Å²) in [7, 11) is 0. The molecule has 1 aromatic carbocycles. The Balaban J connectivity index is 1.90. The van der Waals surface area contributed by atoms with Gasteiger partial charge in [0.05, 0.1) is 17.6 Å². The van der Waals surface area contributed by atoms with E-state index in [2.05, 4.69) is 15.1 Å². The van der Waals surface area contributed by atoms with Crippen LogP contribution in [0.1, 0.15) is 29.5 Å². The number of hydrogen-bond donors (Lipinski definition) is 0. The Morgan fingerprint density at radius 1 is 1.26 bits per heavy atom. The summed E-state index contributed by atoms with van der Waals surface area (Å²) in [5.41, 5.74) is 4.93. The molecule has 2 aromatic heterocycles. The lowest BCUT2D eigenvalue weighted by molar-refractivity contribution is 0.0519. The van der Waals surface area contributed by atoms with Crippen LogP contribution in [0.25, 0.3) is 22.2 Å². The lowest BCUT2D eigenvalue weighted by atomic mass is 10.0. The SMILES string of the molecule is CCOC(=O)c1nn2c(c1-c1ccc3nccnc3c1)CCC2. The van der Waals surface area contributed by atoms with Gasteiger partial charge in [-0.3, -0.25) is 14.6 Å². The second kappa shape index (κ2) is 5.46. The molecule has 0 fully saturated rings. The van der Waals surface area contributed by atoms with Gasteiger partial charge in [0.25, 0.3) is 0 Å². The van der Waals surface area contributed by atoms with Crippen molar-refractivity contribution in [2.24, 2.45) is 0 Å². The molecule has 1 aliphatic heterocycles. The van der Waals surface area contributed by atoms with E-state index in [-0.39, 0.29) is 5.97 Å². The molecule has 6 nitrogen and oxygen atoms in total. The van der Waals surface area contributed by atoms with Crippen molar-refractivity contribution in [3.05, 3.63) is 42.0 Å². The minimum absolute atomic E-state index is 0.337. The van der Waals surface area contributed by atoms with E-state index in [1.54, 1.807) is 19.3 Å². The summed E-state index contributed by atoms with van der Waals surface area (Å²) in [5, 5.41) is 4.47. The number of carbonyl (C=O) groups is 1. The van der Waals surface area contributed by atoms with Crippen LogP contribution in [-0.4, -0.2) is 32.3 Å². The third kappa shape index (κ3) is 2.27. The van der Waals surface area contributed by atoms with Crippen molar-refractivity contribution in [1.29, 1.82) is 0 Å². The van der Waals surface area contributed by atoms with Crippen LogP contribution in [0.15, 0.2) is 30.6 Å². The molecular weight excluding hydrogens is 292 g/mol. The zero-order valence-corrected chi connectivity index (χ0v) is 12.8. The largest absolute Gasteiger partial charge is 0.461 e. The number of fused-ring (bicyclic) bond motifs is 2. The quantitative estimate of drug-likeness (QED) is 0.696. The normalized spacial score (nSPS) is 13.3. The average molecular weight is 308 g/mol. The van der Waals surface area contributed by atoms with Crippen LogP contribution in [0.2, 0.25) is 0 Å². The lowest BCUT2D eigenvalue weighted by Crippen LogP contribution is -2.08. The number of carbonyl (C=O) groups excluding carboxylic acids is 1. The van der Waals surface area contributed by atoms with E-state index in [1.807, 2.05) is 22.9 Å². The van der Waals surface area contributed by atoms with Gasteiger partial charge in [-0.25, -0.2) is 4.79 Å². The van der Waals surface area contributed by atoms with Gasteiger partial charge in [-0.2, -0.15) is 5.10 Å². The molecule has 0 unspecified atom stereocenters. The first-order chi connectivity index (χ1) is 11.3. The zero-order valence-electron chi connectivity index (χ0n) is 12.8. The van der Waals surface area contributed by atoms with E-state index in [9.17, 15) is 4.79 Å². The highest BCUT2D eigenvalue weighted by Crippen LogP contribution is 2.33. The number of benzene rings is 1. The number of aryl methyl sites for hydroxylation is 1. The molecule has 4 rings (SSSR count). The topological polar surface area (TPSA) is 69.9 Å². The summed E-state index contributed by atoms with van der Waals surface area (Å²) in [6.07, 6.45) is 5.30. The van der Waals surface area contributed by atoms with Gasteiger partial charge in [-0.05, 0) is 37.5 Å². The van der Waals surface area contributed by atoms with E-state index in [0.717, 1.165) is 47.2 Å². The second-order valence-electron chi connectivity index (χ2n) is 5.48. The van der Waals surface area contributed by atoms with Crippen LogP contribution in [-0.2, 0) is 17.7 Å². The van der Waals surface area contributed by atoms with Crippen LogP contribution < -0.4 is 0 Å². The molecular formula is C17H16N4O2. The van der Waals surface area contributed by atoms with Gasteiger partial charge in [0.1, 0.15) is 0 Å². The Morgan fingerprint density at radius 3 is 2.91 bits per heavy atom. The minimum Gasteiger partial charge on any atom is -0.461 e. The molecule has 0 spiro atoms. The van der Waals surface area contributed by atoms with Crippen molar-refractivity contribution in [2.45, 2.75) is 26.3 Å². The fourth-order valence-electron chi connectivity index (χ4n) is 3.10. The maximum atomic E-state index is 12.3. The summed E-state index contributed by atoms with van der Waals surface area (Å²) < 4.78 is 7.09. The van der Waals surface area contributed by atoms with Crippen LogP contribution in [0.4, 0.5) is 0 Å². The first-order valence-electron chi connectivity index (χ1n) is 7.76. The zero-order chi connectivity index (χ0) is 15.8. The van der Waals surface area contributed by atoms with Crippen molar-refractivity contribution >= 4 is 17.0 Å². The molecule has 0 amide bonds. The Labute approximate surface area is 133 Å². The van der Waals surface area contributed by atoms with Gasteiger partial charge in [-0.1, -0.05) is 6.07 Å². The number of nitrogens with zero attached hydrogens (tertiary/aromatic N) is 4. The molecule has 1 aliphatic rings. The summed E-state index contributed by atoms with van der Waals surface area (Å²) in [4.78, 5) is 20.9. The lowest BCUT2D eigenvalue weighted by Gasteiger charge is -2.06. The van der Waals surface area contributed by atoms with Gasteiger partial charge in [0.2, 0.25) is 0 Å². The predicted octanol–water partition coefficient (Wildman–Crippen LogP) is 2.62. The van der Waals surface area contributed by atoms with Crippen molar-refractivity contribution < 1.29 is 9.53 Å². The molecule has 0 radical (unpaired) electrons. The summed E-state index contributed by atoms with van der Waals surface area (Å²) >= 11 is 0. The van der Waals surface area contributed by atoms with Gasteiger partial charge in [0, 0.05) is 30.2 Å². The third-order valence-electron chi connectivity index (χ3n) is 4.07. The van der Waals surface area contributed by atoms with Crippen LogP contribution in [0.3, 0.4) is 0 Å². The summed E-state index contributed by atoms with van der Waals surface area (Å²) in [6.45, 7) is 2.98. The third-order valence-corrected chi connectivity index (χ3v) is 4.07. The second-order valence-corrected chi connectivity index (χ2v) is 5.48. The van der Waals surface area contributed by atoms with Gasteiger partial charge in [0.15, 0.2) is 5.69 Å². The van der Waals surface area contributed by atoms with Crippen molar-refractivity contribution in [3.63, 3.8) is 0 Å². The first-order valence-corrected chi connectivity index (χ1v) is 7.76. The smallest absolute Gasteiger partial charge is 0.359 e. The fraction of sp³-hybridized carbons (Fsp3) is 0.294. The molecule has 116 valence electrons. The molecule has 3 aromatic rings. The predicted molar refractivity (Wildman–Crippen MR) is 85.0 cm³/mol. The van der Waals surface area contributed by atoms with Gasteiger partial charge in [-0.15, -0.1) is 0 Å². The highest BCUT2D eigenvalue weighted by atomic mass is 16.5. The Kier molecular flexibility index (Phi) is 3.29. The summed E-state index contributed by atoms with van der Waals surface area (Å²) in [5.74, 6) is -0.372. The average Bonchev–Trinajstić information content (AvgIpc) is 3.15. The Hall–Kier alpha value is -2.76. The number of esters is 1. The van der Waals surface area contributed by atoms with E-state index in [4.69, 9.17) is 4.74 Å². The number of hydrogen-bond acceptors (Lipinski definition) is 5. The van der Waals surface area contributed by atoms with E-state index >= 15 is 0 Å². The first kappa shape index (κ1) is 13.9.